The fourth-order valence-electron chi connectivity index (χ4n) is 1.81. The molecule has 2 N–H and O–H groups in total. The SMILES string of the molecule is Cc1ccc(NC(=O)c2ccccc2F)cc1C#CCO. The number of carbonyl (C=O) groups is 1. The molecule has 0 atom stereocenters. The van der Waals surface area contributed by atoms with Crippen molar-refractivity contribution in [1.82, 2.24) is 0 Å². The minimum Gasteiger partial charge on any atom is -0.384 e. The molecule has 0 bridgehead atoms. The highest BCUT2D eigenvalue weighted by molar-refractivity contribution is 6.04. The zero-order valence-electron chi connectivity index (χ0n) is 11.5. The largest absolute Gasteiger partial charge is 0.384 e. The number of hydrogen-bond acceptors (Lipinski definition) is 2. The molecule has 0 heterocycles. The molecule has 0 spiro atoms. The molecule has 0 saturated heterocycles. The summed E-state index contributed by atoms with van der Waals surface area (Å²) in [5.41, 5.74) is 2.15. The second-order valence-corrected chi connectivity index (χ2v) is 4.42. The zero-order valence-corrected chi connectivity index (χ0v) is 11.5. The van der Waals surface area contributed by atoms with E-state index in [1.165, 1.54) is 18.2 Å². The number of nitrogens with one attached hydrogen (secondary N) is 1. The number of aliphatic hydroxyl groups excluding tert-OH is 1. The zero-order chi connectivity index (χ0) is 15.2. The summed E-state index contributed by atoms with van der Waals surface area (Å²) < 4.78 is 13.5. The number of aliphatic hydroxyl groups is 1. The summed E-state index contributed by atoms with van der Waals surface area (Å²) in [5.74, 6) is 4.28. The van der Waals surface area contributed by atoms with Crippen molar-refractivity contribution in [3.05, 3.63) is 65.0 Å². The summed E-state index contributed by atoms with van der Waals surface area (Å²) in [5, 5.41) is 11.4. The van der Waals surface area contributed by atoms with Crippen molar-refractivity contribution < 1.29 is 14.3 Å². The minimum atomic E-state index is -0.567. The van der Waals surface area contributed by atoms with Crippen molar-refractivity contribution in [2.45, 2.75) is 6.92 Å². The number of carbonyl (C=O) groups excluding carboxylic acids is 1. The van der Waals surface area contributed by atoms with E-state index in [0.717, 1.165) is 5.56 Å². The first-order valence-corrected chi connectivity index (χ1v) is 6.38. The molecule has 0 aromatic heterocycles. The van der Waals surface area contributed by atoms with Gasteiger partial charge in [-0.25, -0.2) is 4.39 Å². The molecule has 106 valence electrons. The van der Waals surface area contributed by atoms with Gasteiger partial charge < -0.3 is 10.4 Å². The highest BCUT2D eigenvalue weighted by Gasteiger charge is 2.11. The molecule has 1 amide bonds. The Labute approximate surface area is 122 Å². The predicted molar refractivity (Wildman–Crippen MR) is 79.5 cm³/mol. The van der Waals surface area contributed by atoms with E-state index >= 15 is 0 Å². The summed E-state index contributed by atoms with van der Waals surface area (Å²) >= 11 is 0. The molecule has 2 aromatic carbocycles. The van der Waals surface area contributed by atoms with E-state index in [2.05, 4.69) is 17.2 Å². The van der Waals surface area contributed by atoms with Crippen LogP contribution in [0.25, 0.3) is 0 Å². The lowest BCUT2D eigenvalue weighted by Gasteiger charge is -2.08. The van der Waals surface area contributed by atoms with Gasteiger partial charge in [0.25, 0.3) is 5.91 Å². The van der Waals surface area contributed by atoms with E-state index in [4.69, 9.17) is 5.11 Å². The van der Waals surface area contributed by atoms with Gasteiger partial charge in [-0.1, -0.05) is 30.0 Å². The lowest BCUT2D eigenvalue weighted by atomic mass is 10.1. The van der Waals surface area contributed by atoms with E-state index in [1.54, 1.807) is 24.3 Å². The number of rotatable bonds is 2. The first kappa shape index (κ1) is 14.8. The molecule has 21 heavy (non-hydrogen) atoms. The maximum atomic E-state index is 13.5. The van der Waals surface area contributed by atoms with Crippen LogP contribution in [-0.2, 0) is 0 Å². The van der Waals surface area contributed by atoms with Gasteiger partial charge in [-0.05, 0) is 36.8 Å². The molecule has 0 aliphatic heterocycles. The summed E-state index contributed by atoms with van der Waals surface area (Å²) in [6, 6.07) is 11.0. The van der Waals surface area contributed by atoms with Crippen molar-refractivity contribution in [3.8, 4) is 11.8 Å². The fraction of sp³-hybridized carbons (Fsp3) is 0.118. The van der Waals surface area contributed by atoms with E-state index in [-0.39, 0.29) is 12.2 Å². The van der Waals surface area contributed by atoms with E-state index < -0.39 is 11.7 Å². The Morgan fingerprint density at radius 3 is 2.76 bits per heavy atom. The Bertz CT molecular complexity index is 729. The van der Waals surface area contributed by atoms with Crippen molar-refractivity contribution in [1.29, 1.82) is 0 Å². The van der Waals surface area contributed by atoms with E-state index in [0.29, 0.717) is 11.3 Å². The van der Waals surface area contributed by atoms with Crippen molar-refractivity contribution >= 4 is 11.6 Å². The van der Waals surface area contributed by atoms with Crippen molar-refractivity contribution in [2.75, 3.05) is 11.9 Å². The Morgan fingerprint density at radius 2 is 2.05 bits per heavy atom. The lowest BCUT2D eigenvalue weighted by Crippen LogP contribution is -2.13. The summed E-state index contributed by atoms with van der Waals surface area (Å²) in [6.45, 7) is 1.65. The molecule has 0 unspecified atom stereocenters. The van der Waals surface area contributed by atoms with Crippen LogP contribution in [0.1, 0.15) is 21.5 Å². The molecule has 0 aliphatic rings. The van der Waals surface area contributed by atoms with Gasteiger partial charge in [-0.2, -0.15) is 0 Å². The molecule has 0 aliphatic carbocycles. The van der Waals surface area contributed by atoms with Gasteiger partial charge in [0.05, 0.1) is 5.56 Å². The van der Waals surface area contributed by atoms with Gasteiger partial charge in [-0.15, -0.1) is 0 Å². The Morgan fingerprint density at radius 1 is 1.29 bits per heavy atom. The van der Waals surface area contributed by atoms with Crippen LogP contribution in [0.15, 0.2) is 42.5 Å². The molecule has 4 heteroatoms. The molecular weight excluding hydrogens is 269 g/mol. The molecular formula is C17H14FNO2. The van der Waals surface area contributed by atoms with Gasteiger partial charge in [0.2, 0.25) is 0 Å². The normalized spacial score (nSPS) is 9.67. The second kappa shape index (κ2) is 6.69. The molecule has 2 rings (SSSR count). The van der Waals surface area contributed by atoms with Crippen LogP contribution < -0.4 is 5.32 Å². The van der Waals surface area contributed by atoms with Crippen LogP contribution >= 0.6 is 0 Å². The molecule has 0 fully saturated rings. The highest BCUT2D eigenvalue weighted by Crippen LogP contribution is 2.16. The maximum Gasteiger partial charge on any atom is 0.258 e. The topological polar surface area (TPSA) is 49.3 Å². The molecule has 3 nitrogen and oxygen atoms in total. The lowest BCUT2D eigenvalue weighted by molar-refractivity contribution is 0.102. The first-order chi connectivity index (χ1) is 10.1. The summed E-state index contributed by atoms with van der Waals surface area (Å²) in [4.78, 5) is 12.0. The average Bonchev–Trinajstić information content (AvgIpc) is 2.48. The van der Waals surface area contributed by atoms with Crippen LogP contribution in [0.3, 0.4) is 0 Å². The first-order valence-electron chi connectivity index (χ1n) is 6.38. The summed E-state index contributed by atoms with van der Waals surface area (Å²) in [6.07, 6.45) is 0. The van der Waals surface area contributed by atoms with E-state index in [9.17, 15) is 9.18 Å². The molecule has 0 radical (unpaired) electrons. The minimum absolute atomic E-state index is 0.0129. The van der Waals surface area contributed by atoms with Crippen molar-refractivity contribution in [3.63, 3.8) is 0 Å². The van der Waals surface area contributed by atoms with Crippen LogP contribution in [0.2, 0.25) is 0 Å². The monoisotopic (exact) mass is 283 g/mol. The second-order valence-electron chi connectivity index (χ2n) is 4.42. The van der Waals surface area contributed by atoms with Gasteiger partial charge in [0, 0.05) is 11.3 Å². The third kappa shape index (κ3) is 3.68. The van der Waals surface area contributed by atoms with Gasteiger partial charge >= 0.3 is 0 Å². The Hall–Kier alpha value is -2.64. The quantitative estimate of drug-likeness (QED) is 0.833. The Kier molecular flexibility index (Phi) is 4.70. The standard InChI is InChI=1S/C17H14FNO2/c1-12-8-9-14(11-13(12)5-4-10-20)19-17(21)15-6-2-3-7-16(15)18/h2-3,6-9,11,20H,10H2,1H3,(H,19,21). The third-order valence-corrected chi connectivity index (χ3v) is 2.92. The number of anilines is 1. The molecule has 2 aromatic rings. The number of amides is 1. The maximum absolute atomic E-state index is 13.5. The predicted octanol–water partition coefficient (Wildman–Crippen LogP) is 2.73. The van der Waals surface area contributed by atoms with Gasteiger partial charge in [0.1, 0.15) is 12.4 Å². The third-order valence-electron chi connectivity index (χ3n) is 2.92. The number of hydrogen-bond donors (Lipinski definition) is 2. The van der Waals surface area contributed by atoms with Crippen molar-refractivity contribution in [2.24, 2.45) is 0 Å². The van der Waals surface area contributed by atoms with Gasteiger partial charge in [-0.3, -0.25) is 4.79 Å². The summed E-state index contributed by atoms with van der Waals surface area (Å²) in [7, 11) is 0. The molecule has 0 saturated carbocycles. The van der Waals surface area contributed by atoms with Crippen LogP contribution in [-0.4, -0.2) is 17.6 Å². The number of aryl methyl sites for hydroxylation is 1. The van der Waals surface area contributed by atoms with Crippen LogP contribution in [0, 0.1) is 24.6 Å². The average molecular weight is 283 g/mol. The smallest absolute Gasteiger partial charge is 0.258 e. The van der Waals surface area contributed by atoms with Crippen LogP contribution in [0.5, 0.6) is 0 Å². The number of halogens is 1. The van der Waals surface area contributed by atoms with Gasteiger partial charge in [0.15, 0.2) is 0 Å². The van der Waals surface area contributed by atoms with E-state index in [1.807, 2.05) is 6.92 Å². The highest BCUT2D eigenvalue weighted by atomic mass is 19.1. The number of benzene rings is 2. The fourth-order valence-corrected chi connectivity index (χ4v) is 1.81. The Balaban J connectivity index is 2.24. The van der Waals surface area contributed by atoms with Crippen LogP contribution in [0.4, 0.5) is 10.1 Å².